The van der Waals surface area contributed by atoms with Gasteiger partial charge in [-0.1, -0.05) is 78.1 Å². The molecule has 5 heteroatoms. The van der Waals surface area contributed by atoms with Crippen LogP contribution in [0.5, 0.6) is 0 Å². The highest BCUT2D eigenvalue weighted by Gasteiger charge is 2.38. The summed E-state index contributed by atoms with van der Waals surface area (Å²) in [5.74, 6) is 0. The van der Waals surface area contributed by atoms with Crippen LogP contribution in [0.3, 0.4) is 0 Å². The van der Waals surface area contributed by atoms with Crippen molar-refractivity contribution in [3.63, 3.8) is 0 Å². The minimum absolute atomic E-state index is 0.0566. The SMILES string of the molecule is c1ccc(C2(CCCN3CCN(c4nc5ccccc5s4)CC3)COCc3ccccc32)cc1. The number of para-hydroxylation sites is 1. The van der Waals surface area contributed by atoms with E-state index in [1.54, 1.807) is 0 Å². The molecular weight excluding hydrogens is 438 g/mol. The predicted molar refractivity (Wildman–Crippen MR) is 141 cm³/mol. The molecule has 174 valence electrons. The molecule has 0 N–H and O–H groups in total. The topological polar surface area (TPSA) is 28.6 Å². The molecule has 3 aromatic carbocycles. The average molecular weight is 470 g/mol. The Labute approximate surface area is 205 Å². The highest BCUT2D eigenvalue weighted by Crippen LogP contribution is 2.42. The standard InChI is InChI=1S/C29H31N3OS/c1-2-10-24(11-3-1)29(22-33-21-23-9-4-5-12-25(23)29)15-8-16-31-17-19-32(20-18-31)28-30-26-13-6-7-14-27(26)34-28/h1-7,9-14H,8,15-22H2. The number of nitrogens with zero attached hydrogens (tertiary/aromatic N) is 3. The van der Waals surface area contributed by atoms with Crippen molar-refractivity contribution >= 4 is 26.7 Å². The van der Waals surface area contributed by atoms with Gasteiger partial charge in [0.25, 0.3) is 0 Å². The summed E-state index contributed by atoms with van der Waals surface area (Å²) < 4.78 is 7.45. The molecule has 0 spiro atoms. The Morgan fingerprint density at radius 3 is 2.47 bits per heavy atom. The largest absolute Gasteiger partial charge is 0.375 e. The number of hydrogen-bond donors (Lipinski definition) is 0. The van der Waals surface area contributed by atoms with Crippen LogP contribution in [0.2, 0.25) is 0 Å². The van der Waals surface area contributed by atoms with Crippen molar-refractivity contribution in [3.8, 4) is 0 Å². The maximum Gasteiger partial charge on any atom is 0.186 e. The predicted octanol–water partition coefficient (Wildman–Crippen LogP) is 5.72. The van der Waals surface area contributed by atoms with Crippen molar-refractivity contribution < 1.29 is 4.74 Å². The van der Waals surface area contributed by atoms with Crippen molar-refractivity contribution in [1.82, 2.24) is 9.88 Å². The summed E-state index contributed by atoms with van der Waals surface area (Å²) in [5, 5.41) is 1.17. The number of rotatable bonds is 6. The summed E-state index contributed by atoms with van der Waals surface area (Å²) in [6, 6.07) is 28.3. The van der Waals surface area contributed by atoms with E-state index in [4.69, 9.17) is 9.72 Å². The molecule has 0 saturated carbocycles. The Bertz CT molecular complexity index is 1220. The maximum atomic E-state index is 6.17. The molecule has 6 rings (SSSR count). The Balaban J connectivity index is 1.12. The zero-order chi connectivity index (χ0) is 22.8. The van der Waals surface area contributed by atoms with E-state index in [9.17, 15) is 0 Å². The van der Waals surface area contributed by atoms with Crippen LogP contribution in [-0.4, -0.2) is 49.2 Å². The van der Waals surface area contributed by atoms with E-state index in [-0.39, 0.29) is 5.41 Å². The highest BCUT2D eigenvalue weighted by atomic mass is 32.1. The van der Waals surface area contributed by atoms with E-state index in [1.807, 2.05) is 11.3 Å². The summed E-state index contributed by atoms with van der Waals surface area (Å²) in [5.41, 5.74) is 5.22. The Morgan fingerprint density at radius 2 is 1.62 bits per heavy atom. The highest BCUT2D eigenvalue weighted by molar-refractivity contribution is 7.22. The van der Waals surface area contributed by atoms with Gasteiger partial charge in [0.2, 0.25) is 0 Å². The van der Waals surface area contributed by atoms with Gasteiger partial charge < -0.3 is 9.64 Å². The third-order valence-electron chi connectivity index (χ3n) is 7.47. The molecule has 4 nitrogen and oxygen atoms in total. The molecule has 1 aromatic heterocycles. The van der Waals surface area contributed by atoms with E-state index in [1.165, 1.54) is 26.5 Å². The first kappa shape index (κ1) is 21.8. The number of anilines is 1. The van der Waals surface area contributed by atoms with Crippen LogP contribution in [0.25, 0.3) is 10.2 Å². The number of fused-ring (bicyclic) bond motifs is 2. The molecule has 0 radical (unpaired) electrons. The van der Waals surface area contributed by atoms with Gasteiger partial charge in [0.15, 0.2) is 5.13 Å². The third-order valence-corrected chi connectivity index (χ3v) is 8.57. The molecule has 1 unspecified atom stereocenters. The van der Waals surface area contributed by atoms with Crippen LogP contribution >= 0.6 is 11.3 Å². The number of thiazole rings is 1. The summed E-state index contributed by atoms with van der Waals surface area (Å²) in [6.07, 6.45) is 2.26. The zero-order valence-electron chi connectivity index (χ0n) is 19.5. The first-order chi connectivity index (χ1) is 16.8. The lowest BCUT2D eigenvalue weighted by Crippen LogP contribution is -2.47. The van der Waals surface area contributed by atoms with Gasteiger partial charge in [-0.25, -0.2) is 4.98 Å². The van der Waals surface area contributed by atoms with Crippen LogP contribution in [0.4, 0.5) is 5.13 Å². The molecule has 2 aliphatic heterocycles. The monoisotopic (exact) mass is 469 g/mol. The van der Waals surface area contributed by atoms with Gasteiger partial charge in [-0.05, 0) is 48.2 Å². The number of ether oxygens (including phenoxy) is 1. The fourth-order valence-corrected chi connectivity index (χ4v) is 6.65. The lowest BCUT2D eigenvalue weighted by molar-refractivity contribution is 0.0599. The maximum absolute atomic E-state index is 6.17. The van der Waals surface area contributed by atoms with Gasteiger partial charge in [-0.15, -0.1) is 0 Å². The summed E-state index contributed by atoms with van der Waals surface area (Å²) in [7, 11) is 0. The van der Waals surface area contributed by atoms with E-state index in [0.29, 0.717) is 0 Å². The van der Waals surface area contributed by atoms with E-state index in [2.05, 4.69) is 88.7 Å². The van der Waals surface area contributed by atoms with Crippen LogP contribution < -0.4 is 4.90 Å². The van der Waals surface area contributed by atoms with Gasteiger partial charge >= 0.3 is 0 Å². The molecule has 1 saturated heterocycles. The van der Waals surface area contributed by atoms with Gasteiger partial charge in [0.1, 0.15) is 0 Å². The minimum Gasteiger partial charge on any atom is -0.375 e. The molecule has 2 aliphatic rings. The van der Waals surface area contributed by atoms with Crippen molar-refractivity contribution in [2.24, 2.45) is 0 Å². The van der Waals surface area contributed by atoms with Crippen LogP contribution in [0.15, 0.2) is 78.9 Å². The van der Waals surface area contributed by atoms with Gasteiger partial charge in [-0.2, -0.15) is 0 Å². The molecule has 34 heavy (non-hydrogen) atoms. The van der Waals surface area contributed by atoms with E-state index < -0.39 is 0 Å². The second-order valence-electron chi connectivity index (χ2n) is 9.49. The van der Waals surface area contributed by atoms with Crippen molar-refractivity contribution in [1.29, 1.82) is 0 Å². The fourth-order valence-electron chi connectivity index (χ4n) is 5.64. The molecule has 3 heterocycles. The summed E-state index contributed by atoms with van der Waals surface area (Å²) in [4.78, 5) is 9.94. The molecule has 0 aliphatic carbocycles. The van der Waals surface area contributed by atoms with Gasteiger partial charge in [0, 0.05) is 31.6 Å². The second-order valence-corrected chi connectivity index (χ2v) is 10.5. The molecule has 0 amide bonds. The molecule has 1 atom stereocenters. The Hall–Kier alpha value is -2.73. The van der Waals surface area contributed by atoms with Crippen LogP contribution in [0.1, 0.15) is 29.5 Å². The number of hydrogen-bond acceptors (Lipinski definition) is 5. The minimum atomic E-state index is -0.0566. The smallest absolute Gasteiger partial charge is 0.186 e. The summed E-state index contributed by atoms with van der Waals surface area (Å²) >= 11 is 1.81. The van der Waals surface area contributed by atoms with Crippen molar-refractivity contribution in [2.45, 2.75) is 24.9 Å². The molecule has 4 aromatic rings. The normalized spacial score (nSPS) is 21.0. The Morgan fingerprint density at radius 1 is 0.853 bits per heavy atom. The number of aromatic nitrogens is 1. The lowest BCUT2D eigenvalue weighted by atomic mass is 9.69. The average Bonchev–Trinajstić information content (AvgIpc) is 3.34. The Kier molecular flexibility index (Phi) is 6.08. The first-order valence-corrected chi connectivity index (χ1v) is 13.2. The van der Waals surface area contributed by atoms with E-state index in [0.717, 1.165) is 64.3 Å². The zero-order valence-corrected chi connectivity index (χ0v) is 20.3. The van der Waals surface area contributed by atoms with E-state index >= 15 is 0 Å². The van der Waals surface area contributed by atoms with Gasteiger partial charge in [-0.3, -0.25) is 4.90 Å². The third kappa shape index (κ3) is 4.13. The number of piperazine rings is 1. The van der Waals surface area contributed by atoms with Crippen LogP contribution in [-0.2, 0) is 16.8 Å². The lowest BCUT2D eigenvalue weighted by Gasteiger charge is -2.41. The fraction of sp³-hybridized carbons (Fsp3) is 0.345. The molecule has 0 bridgehead atoms. The number of benzene rings is 3. The van der Waals surface area contributed by atoms with Crippen molar-refractivity contribution in [3.05, 3.63) is 95.6 Å². The summed E-state index contributed by atoms with van der Waals surface area (Å²) in [6.45, 7) is 6.91. The second kappa shape index (κ2) is 9.49. The first-order valence-electron chi connectivity index (χ1n) is 12.4. The van der Waals surface area contributed by atoms with Crippen LogP contribution in [0, 0.1) is 0 Å². The molecular formula is C29H31N3OS. The van der Waals surface area contributed by atoms with Gasteiger partial charge in [0.05, 0.1) is 23.4 Å². The molecule has 1 fully saturated rings. The van der Waals surface area contributed by atoms with Crippen molar-refractivity contribution in [2.75, 3.05) is 44.2 Å². The quantitative estimate of drug-likeness (QED) is 0.361.